The van der Waals surface area contributed by atoms with E-state index in [-0.39, 0.29) is 34.8 Å². The van der Waals surface area contributed by atoms with Crippen LogP contribution in [0.2, 0.25) is 0 Å². The lowest BCUT2D eigenvalue weighted by molar-refractivity contribution is -0.127. The van der Waals surface area contributed by atoms with Crippen molar-refractivity contribution in [1.29, 1.82) is 0 Å². The Morgan fingerprint density at radius 2 is 2.11 bits per heavy atom. The molecule has 5 rings (SSSR count). The van der Waals surface area contributed by atoms with Crippen LogP contribution in [-0.4, -0.2) is 69.4 Å². The van der Waals surface area contributed by atoms with Gasteiger partial charge in [0.25, 0.3) is 5.91 Å². The monoisotopic (exact) mass is 519 g/mol. The van der Waals surface area contributed by atoms with E-state index in [1.54, 1.807) is 36.1 Å². The maximum absolute atomic E-state index is 15.1. The molecule has 11 heteroatoms. The molecule has 1 saturated carbocycles. The van der Waals surface area contributed by atoms with Gasteiger partial charge >= 0.3 is 0 Å². The number of imidazole rings is 1. The Hall–Kier alpha value is -4.17. The summed E-state index contributed by atoms with van der Waals surface area (Å²) in [7, 11) is 3.22. The van der Waals surface area contributed by atoms with E-state index in [4.69, 9.17) is 10.5 Å². The molecule has 1 aliphatic heterocycles. The highest BCUT2D eigenvalue weighted by atomic mass is 19.1. The van der Waals surface area contributed by atoms with Crippen molar-refractivity contribution < 1.29 is 18.7 Å². The fourth-order valence-corrected chi connectivity index (χ4v) is 5.29. The van der Waals surface area contributed by atoms with Crippen LogP contribution in [0.25, 0.3) is 11.0 Å². The van der Waals surface area contributed by atoms with E-state index < -0.39 is 11.7 Å². The Balaban J connectivity index is 1.51. The maximum Gasteiger partial charge on any atom is 0.255 e. The summed E-state index contributed by atoms with van der Waals surface area (Å²) in [5.74, 6) is 4.64. The van der Waals surface area contributed by atoms with Crippen LogP contribution in [0.1, 0.15) is 59.4 Å². The first kappa shape index (κ1) is 25.5. The minimum absolute atomic E-state index is 0.104. The van der Waals surface area contributed by atoms with Crippen molar-refractivity contribution in [2.24, 2.45) is 5.73 Å². The second-order valence-corrected chi connectivity index (χ2v) is 9.63. The number of nitrogens with two attached hydrogens (primary N) is 1. The van der Waals surface area contributed by atoms with Gasteiger partial charge in [-0.25, -0.2) is 14.1 Å². The fraction of sp³-hybridized carbons (Fsp3) is 0.407. The molecule has 3 heterocycles. The zero-order valence-corrected chi connectivity index (χ0v) is 21.4. The number of nitrogens with one attached hydrogen (secondary N) is 1. The van der Waals surface area contributed by atoms with Crippen LogP contribution in [0, 0.1) is 17.7 Å². The van der Waals surface area contributed by atoms with E-state index in [0.717, 1.165) is 24.8 Å². The molecule has 0 radical (unpaired) electrons. The van der Waals surface area contributed by atoms with E-state index in [9.17, 15) is 9.59 Å². The summed E-state index contributed by atoms with van der Waals surface area (Å²) in [6.07, 6.45) is 6.84. The standard InChI is InChI=1S/C27H30FN7O3/c1-4-24(36)33-13-18(11-19(33)14-38-3)35-27(30-2)25(26(29)37)21(32-35)9-8-16-10-22-23(12-20(16)28)34(15-31-22)17-6-5-7-17/h4,10,12,15,17-19,30H,1,5-7,11,13-14H2,2-3H3,(H2,29,37)/t18-,19+/m0/s1. The summed E-state index contributed by atoms with van der Waals surface area (Å²) in [4.78, 5) is 31.0. The molecule has 2 aliphatic rings. The average molecular weight is 520 g/mol. The summed E-state index contributed by atoms with van der Waals surface area (Å²) in [6, 6.07) is 2.97. The number of primary amides is 1. The first-order chi connectivity index (χ1) is 18.4. The van der Waals surface area contributed by atoms with Crippen LogP contribution in [-0.2, 0) is 9.53 Å². The number of halogens is 1. The normalized spacial score (nSPS) is 19.2. The molecule has 1 saturated heterocycles. The zero-order valence-electron chi connectivity index (χ0n) is 21.4. The van der Waals surface area contributed by atoms with Crippen LogP contribution in [0.5, 0.6) is 0 Å². The summed E-state index contributed by atoms with van der Waals surface area (Å²) in [6.45, 7) is 4.28. The van der Waals surface area contributed by atoms with Gasteiger partial charge in [0.2, 0.25) is 5.91 Å². The van der Waals surface area contributed by atoms with Gasteiger partial charge in [0, 0.05) is 32.8 Å². The van der Waals surface area contributed by atoms with Gasteiger partial charge in [0.05, 0.1) is 41.6 Å². The Kier molecular flexibility index (Phi) is 6.91. The van der Waals surface area contributed by atoms with Gasteiger partial charge in [-0.1, -0.05) is 12.5 Å². The molecule has 0 unspecified atom stereocenters. The van der Waals surface area contributed by atoms with Crippen molar-refractivity contribution >= 4 is 28.7 Å². The third-order valence-corrected chi connectivity index (χ3v) is 7.40. The zero-order chi connectivity index (χ0) is 27.0. The highest BCUT2D eigenvalue weighted by Gasteiger charge is 2.37. The van der Waals surface area contributed by atoms with E-state index in [2.05, 4.69) is 33.8 Å². The van der Waals surface area contributed by atoms with Gasteiger partial charge in [-0.2, -0.15) is 5.10 Å². The van der Waals surface area contributed by atoms with Crippen molar-refractivity contribution in [3.8, 4) is 11.8 Å². The van der Waals surface area contributed by atoms with Crippen molar-refractivity contribution in [2.75, 3.05) is 32.6 Å². The molecule has 2 aromatic heterocycles. The Morgan fingerprint density at radius 3 is 2.74 bits per heavy atom. The first-order valence-electron chi connectivity index (χ1n) is 12.6. The highest BCUT2D eigenvalue weighted by Crippen LogP contribution is 2.35. The number of hydrogen-bond donors (Lipinski definition) is 2. The number of fused-ring (bicyclic) bond motifs is 1. The molecule has 2 amide bonds. The number of benzene rings is 1. The van der Waals surface area contributed by atoms with Gasteiger partial charge in [-0.05, 0) is 43.7 Å². The number of anilines is 1. The van der Waals surface area contributed by atoms with Crippen LogP contribution in [0.15, 0.2) is 31.1 Å². The van der Waals surface area contributed by atoms with Crippen LogP contribution in [0.4, 0.5) is 10.2 Å². The summed E-state index contributed by atoms with van der Waals surface area (Å²) >= 11 is 0. The Labute approximate surface area is 219 Å². The predicted octanol–water partition coefficient (Wildman–Crippen LogP) is 2.61. The number of ether oxygens (including phenoxy) is 1. The number of rotatable bonds is 7. The van der Waals surface area contributed by atoms with Crippen molar-refractivity contribution in [3.63, 3.8) is 0 Å². The van der Waals surface area contributed by atoms with E-state index >= 15 is 4.39 Å². The molecular weight excluding hydrogens is 489 g/mol. The second-order valence-electron chi connectivity index (χ2n) is 9.63. The van der Waals surface area contributed by atoms with Crippen LogP contribution >= 0.6 is 0 Å². The van der Waals surface area contributed by atoms with E-state index in [1.165, 1.54) is 12.1 Å². The summed E-state index contributed by atoms with van der Waals surface area (Å²) in [5.41, 5.74) is 7.48. The molecule has 1 aromatic carbocycles. The second kappa shape index (κ2) is 10.3. The number of carbonyl (C=O) groups excluding carboxylic acids is 2. The van der Waals surface area contributed by atoms with Gasteiger partial charge in [0.15, 0.2) is 5.69 Å². The molecule has 198 valence electrons. The van der Waals surface area contributed by atoms with Gasteiger partial charge in [-0.3, -0.25) is 9.59 Å². The third kappa shape index (κ3) is 4.41. The number of hydrogen-bond acceptors (Lipinski definition) is 6. The first-order valence-corrected chi connectivity index (χ1v) is 12.6. The third-order valence-electron chi connectivity index (χ3n) is 7.40. The molecule has 3 aromatic rings. The van der Waals surface area contributed by atoms with Gasteiger partial charge < -0.3 is 25.3 Å². The topological polar surface area (TPSA) is 120 Å². The van der Waals surface area contributed by atoms with Gasteiger partial charge in [0.1, 0.15) is 17.2 Å². The lowest BCUT2D eigenvalue weighted by atomic mass is 9.93. The highest BCUT2D eigenvalue weighted by molar-refractivity contribution is 6.00. The van der Waals surface area contributed by atoms with Crippen LogP contribution in [0.3, 0.4) is 0 Å². The maximum atomic E-state index is 15.1. The molecule has 0 bridgehead atoms. The molecule has 3 N–H and O–H groups in total. The number of amides is 2. The van der Waals surface area contributed by atoms with Crippen LogP contribution < -0.4 is 11.1 Å². The van der Waals surface area contributed by atoms with E-state index in [1.807, 2.05) is 4.57 Å². The van der Waals surface area contributed by atoms with Crippen molar-refractivity contribution in [2.45, 2.75) is 43.8 Å². The molecule has 38 heavy (non-hydrogen) atoms. The number of likely N-dealkylation sites (tertiary alicyclic amines) is 1. The molecular formula is C27H30FN7O3. The largest absolute Gasteiger partial charge is 0.383 e. The average Bonchev–Trinajstić information content (AvgIpc) is 3.56. The van der Waals surface area contributed by atoms with Crippen molar-refractivity contribution in [3.05, 3.63) is 53.8 Å². The van der Waals surface area contributed by atoms with Crippen molar-refractivity contribution in [1.82, 2.24) is 24.2 Å². The Bertz CT molecular complexity index is 1480. The van der Waals surface area contributed by atoms with Gasteiger partial charge in [-0.15, -0.1) is 0 Å². The fourth-order valence-electron chi connectivity index (χ4n) is 5.29. The number of nitrogens with zero attached hydrogens (tertiary/aromatic N) is 5. The lowest BCUT2D eigenvalue weighted by Crippen LogP contribution is -2.37. The minimum Gasteiger partial charge on any atom is -0.383 e. The molecule has 2 atom stereocenters. The number of aromatic nitrogens is 4. The number of carbonyl (C=O) groups is 2. The Morgan fingerprint density at radius 1 is 1.32 bits per heavy atom. The summed E-state index contributed by atoms with van der Waals surface area (Å²) in [5, 5.41) is 7.58. The molecule has 10 nitrogen and oxygen atoms in total. The number of methoxy groups -OCH3 is 1. The SMILES string of the molecule is C=CC(=O)N1C[C@@H](n2nc(C#Cc3cc4ncn(C5CCC5)c4cc3F)c(C(N)=O)c2NC)C[C@@H]1COC. The molecule has 1 aliphatic carbocycles. The molecule has 2 fully saturated rings. The predicted molar refractivity (Wildman–Crippen MR) is 140 cm³/mol. The smallest absolute Gasteiger partial charge is 0.255 e. The molecule has 0 spiro atoms. The quantitative estimate of drug-likeness (QED) is 0.366. The summed E-state index contributed by atoms with van der Waals surface area (Å²) < 4.78 is 24.0. The lowest BCUT2D eigenvalue weighted by Gasteiger charge is -2.27. The minimum atomic E-state index is -0.717. The van der Waals surface area contributed by atoms with E-state index in [0.29, 0.717) is 36.9 Å².